The van der Waals surface area contributed by atoms with E-state index in [1.807, 2.05) is 13.0 Å². The summed E-state index contributed by atoms with van der Waals surface area (Å²) in [5.41, 5.74) is 2.37. The van der Waals surface area contributed by atoms with Crippen LogP contribution in [0.5, 0.6) is 0 Å². The number of hydrogen-bond acceptors (Lipinski definition) is 6. The standard InChI is InChI=1S/C19H25Cl2N7/c1-4-5-7-28(3)8-6-22-17-9-12(2)23-18(26-17)27-19-24-15-10-13(20)14(21)11-16(15)25-19/h9-11H,4-8H2,1-3H3,(H3,22,23,24,25,26,27). The fourth-order valence-corrected chi connectivity index (χ4v) is 3.12. The van der Waals surface area contributed by atoms with Crippen molar-refractivity contribution in [2.45, 2.75) is 26.7 Å². The lowest BCUT2D eigenvalue weighted by Crippen LogP contribution is -2.26. The summed E-state index contributed by atoms with van der Waals surface area (Å²) in [5.74, 6) is 1.78. The molecule has 0 bridgehead atoms. The second-order valence-corrected chi connectivity index (χ2v) is 7.61. The van der Waals surface area contributed by atoms with Gasteiger partial charge < -0.3 is 15.2 Å². The maximum Gasteiger partial charge on any atom is 0.231 e. The van der Waals surface area contributed by atoms with Gasteiger partial charge in [0.05, 0.1) is 21.1 Å². The van der Waals surface area contributed by atoms with Gasteiger partial charge in [-0.05, 0) is 39.1 Å². The molecule has 0 aliphatic heterocycles. The highest BCUT2D eigenvalue weighted by Gasteiger charge is 2.09. The van der Waals surface area contributed by atoms with Crippen LogP contribution >= 0.6 is 23.2 Å². The maximum absolute atomic E-state index is 6.06. The number of hydrogen-bond donors (Lipinski definition) is 3. The smallest absolute Gasteiger partial charge is 0.231 e. The molecule has 0 unspecified atom stereocenters. The third kappa shape index (κ3) is 5.47. The number of benzene rings is 1. The molecule has 9 heteroatoms. The van der Waals surface area contributed by atoms with E-state index < -0.39 is 0 Å². The van der Waals surface area contributed by atoms with Crippen molar-refractivity contribution < 1.29 is 0 Å². The summed E-state index contributed by atoms with van der Waals surface area (Å²) >= 11 is 12.1. The zero-order valence-corrected chi connectivity index (χ0v) is 17.8. The van der Waals surface area contributed by atoms with Gasteiger partial charge in [-0.1, -0.05) is 36.5 Å². The van der Waals surface area contributed by atoms with Gasteiger partial charge in [0.1, 0.15) is 5.82 Å². The zero-order valence-electron chi connectivity index (χ0n) is 16.3. The minimum atomic E-state index is 0.467. The second-order valence-electron chi connectivity index (χ2n) is 6.80. The number of aromatic nitrogens is 4. The van der Waals surface area contributed by atoms with Crippen molar-refractivity contribution >= 4 is 51.9 Å². The van der Waals surface area contributed by atoms with Gasteiger partial charge in [0.15, 0.2) is 0 Å². The van der Waals surface area contributed by atoms with E-state index in [-0.39, 0.29) is 0 Å². The first-order valence-corrected chi connectivity index (χ1v) is 10.1. The van der Waals surface area contributed by atoms with Gasteiger partial charge in [0.25, 0.3) is 0 Å². The second kappa shape index (κ2) is 9.41. The number of fused-ring (bicyclic) bond motifs is 1. The number of imidazole rings is 1. The molecule has 0 atom stereocenters. The SMILES string of the molecule is CCCCN(C)CCNc1cc(C)nc(Nc2nc3cc(Cl)c(Cl)cc3[nH]2)n1. The van der Waals surface area contributed by atoms with Crippen molar-refractivity contribution in [3.8, 4) is 0 Å². The average molecular weight is 422 g/mol. The Morgan fingerprint density at radius 1 is 1.07 bits per heavy atom. The van der Waals surface area contributed by atoms with Crippen LogP contribution in [0, 0.1) is 6.92 Å². The summed E-state index contributed by atoms with van der Waals surface area (Å²) in [6.07, 6.45) is 2.42. The summed E-state index contributed by atoms with van der Waals surface area (Å²) in [5, 5.41) is 7.42. The van der Waals surface area contributed by atoms with Crippen LogP contribution in [0.25, 0.3) is 11.0 Å². The van der Waals surface area contributed by atoms with Crippen molar-refractivity contribution in [1.29, 1.82) is 0 Å². The lowest BCUT2D eigenvalue weighted by molar-refractivity contribution is 0.340. The van der Waals surface area contributed by atoms with E-state index in [0.29, 0.717) is 21.9 Å². The highest BCUT2D eigenvalue weighted by atomic mass is 35.5. The molecule has 0 spiro atoms. The maximum atomic E-state index is 6.06. The van der Waals surface area contributed by atoms with Crippen molar-refractivity contribution in [1.82, 2.24) is 24.8 Å². The largest absolute Gasteiger partial charge is 0.369 e. The average Bonchev–Trinajstić information content (AvgIpc) is 3.00. The van der Waals surface area contributed by atoms with Crippen molar-refractivity contribution in [3.63, 3.8) is 0 Å². The number of aryl methyl sites for hydroxylation is 1. The van der Waals surface area contributed by atoms with Gasteiger partial charge in [0, 0.05) is 24.8 Å². The molecule has 7 nitrogen and oxygen atoms in total. The number of nitrogens with one attached hydrogen (secondary N) is 3. The molecule has 3 rings (SSSR count). The Kier molecular flexibility index (Phi) is 6.93. The minimum Gasteiger partial charge on any atom is -0.369 e. The summed E-state index contributed by atoms with van der Waals surface area (Å²) in [7, 11) is 2.13. The van der Waals surface area contributed by atoms with E-state index >= 15 is 0 Å². The van der Waals surface area contributed by atoms with Gasteiger partial charge in [-0.15, -0.1) is 0 Å². The molecule has 2 heterocycles. The van der Waals surface area contributed by atoms with Gasteiger partial charge in [-0.2, -0.15) is 4.98 Å². The molecule has 1 aromatic carbocycles. The zero-order chi connectivity index (χ0) is 20.1. The number of nitrogens with zero attached hydrogens (tertiary/aromatic N) is 4. The molecule has 3 aromatic rings. The van der Waals surface area contributed by atoms with Crippen LogP contribution in [0.4, 0.5) is 17.7 Å². The molecule has 0 aliphatic carbocycles. The number of likely N-dealkylation sites (N-methyl/N-ethyl adjacent to an activating group) is 1. The summed E-state index contributed by atoms with van der Waals surface area (Å²) in [4.78, 5) is 18.9. The Hall–Kier alpha value is -2.09. The van der Waals surface area contributed by atoms with Crippen LogP contribution in [-0.2, 0) is 0 Å². The summed E-state index contributed by atoms with van der Waals surface area (Å²) in [6.45, 7) is 7.02. The third-order valence-electron chi connectivity index (χ3n) is 4.30. The van der Waals surface area contributed by atoms with Gasteiger partial charge in [0.2, 0.25) is 11.9 Å². The van der Waals surface area contributed by atoms with E-state index in [4.69, 9.17) is 23.2 Å². The molecular formula is C19H25Cl2N7. The molecule has 3 N–H and O–H groups in total. The van der Waals surface area contributed by atoms with Gasteiger partial charge >= 0.3 is 0 Å². The first-order valence-electron chi connectivity index (χ1n) is 9.34. The van der Waals surface area contributed by atoms with E-state index in [2.05, 4.69) is 49.4 Å². The molecule has 0 radical (unpaired) electrons. The number of anilines is 3. The predicted molar refractivity (Wildman–Crippen MR) is 117 cm³/mol. The number of aromatic amines is 1. The van der Waals surface area contributed by atoms with Crippen LogP contribution in [0.2, 0.25) is 10.0 Å². The van der Waals surface area contributed by atoms with E-state index in [1.54, 1.807) is 12.1 Å². The fraction of sp³-hybridized carbons (Fsp3) is 0.421. The number of rotatable bonds is 9. The predicted octanol–water partition coefficient (Wildman–Crippen LogP) is 4.86. The number of H-pyrrole nitrogens is 1. The van der Waals surface area contributed by atoms with Crippen LogP contribution in [-0.4, -0.2) is 51.5 Å². The van der Waals surface area contributed by atoms with Crippen LogP contribution in [0.15, 0.2) is 18.2 Å². The molecule has 0 saturated heterocycles. The quantitative estimate of drug-likeness (QED) is 0.457. The van der Waals surface area contributed by atoms with Gasteiger partial charge in [-0.25, -0.2) is 9.97 Å². The van der Waals surface area contributed by atoms with Crippen molar-refractivity contribution in [2.75, 3.05) is 37.3 Å². The van der Waals surface area contributed by atoms with Crippen LogP contribution < -0.4 is 10.6 Å². The molecule has 0 aliphatic rings. The molecule has 2 aromatic heterocycles. The van der Waals surface area contributed by atoms with E-state index in [0.717, 1.165) is 42.2 Å². The normalized spacial score (nSPS) is 11.4. The first-order chi connectivity index (χ1) is 13.4. The number of halogens is 2. The van der Waals surface area contributed by atoms with Gasteiger partial charge in [-0.3, -0.25) is 5.32 Å². The molecular weight excluding hydrogens is 397 g/mol. The Morgan fingerprint density at radius 2 is 1.86 bits per heavy atom. The van der Waals surface area contributed by atoms with Crippen LogP contribution in [0.1, 0.15) is 25.5 Å². The highest BCUT2D eigenvalue weighted by molar-refractivity contribution is 6.42. The minimum absolute atomic E-state index is 0.467. The lowest BCUT2D eigenvalue weighted by atomic mass is 10.3. The Balaban J connectivity index is 1.66. The molecule has 28 heavy (non-hydrogen) atoms. The topological polar surface area (TPSA) is 81.8 Å². The first kappa shape index (κ1) is 20.6. The summed E-state index contributed by atoms with van der Waals surface area (Å²) < 4.78 is 0. The Labute approximate surface area is 174 Å². The molecule has 150 valence electrons. The highest BCUT2D eigenvalue weighted by Crippen LogP contribution is 2.27. The lowest BCUT2D eigenvalue weighted by Gasteiger charge is -2.16. The van der Waals surface area contributed by atoms with E-state index in [9.17, 15) is 0 Å². The molecule has 0 fully saturated rings. The molecule has 0 amide bonds. The Morgan fingerprint density at radius 3 is 2.64 bits per heavy atom. The van der Waals surface area contributed by atoms with E-state index in [1.165, 1.54) is 12.8 Å². The van der Waals surface area contributed by atoms with Crippen molar-refractivity contribution in [3.05, 3.63) is 33.9 Å². The Bertz CT molecular complexity index is 902. The fourth-order valence-electron chi connectivity index (χ4n) is 2.80. The summed E-state index contributed by atoms with van der Waals surface area (Å²) in [6, 6.07) is 5.39. The van der Waals surface area contributed by atoms with Crippen molar-refractivity contribution in [2.24, 2.45) is 0 Å². The third-order valence-corrected chi connectivity index (χ3v) is 5.02. The molecule has 0 saturated carbocycles. The monoisotopic (exact) mass is 421 g/mol. The number of unbranched alkanes of at least 4 members (excludes halogenated alkanes) is 1. The van der Waals surface area contributed by atoms with Crippen LogP contribution in [0.3, 0.4) is 0 Å².